The molecular formula is C36H41ClN7O7P. The fraction of sp³-hybridized carbons (Fsp3) is 0.417. The van der Waals surface area contributed by atoms with E-state index in [2.05, 4.69) is 45.9 Å². The predicted octanol–water partition coefficient (Wildman–Crippen LogP) is 6.45. The van der Waals surface area contributed by atoms with Crippen LogP contribution < -0.4 is 15.8 Å². The molecule has 3 heterocycles. The lowest BCUT2D eigenvalue weighted by Gasteiger charge is -2.61. The van der Waals surface area contributed by atoms with E-state index in [0.717, 1.165) is 30.5 Å². The number of phosphoric ester groups is 1. The summed E-state index contributed by atoms with van der Waals surface area (Å²) < 4.78 is 25.0. The molecule has 3 N–H and O–H groups in total. The molecule has 5 aromatic rings. The summed E-state index contributed by atoms with van der Waals surface area (Å²) >= 11 is 6.98. The summed E-state index contributed by atoms with van der Waals surface area (Å²) in [4.78, 5) is 52.4. The zero-order valence-corrected chi connectivity index (χ0v) is 31.2. The number of nitrogens with one attached hydrogen (secondary N) is 1. The molecule has 274 valence electrons. The molecule has 0 radical (unpaired) electrons. The van der Waals surface area contributed by atoms with Gasteiger partial charge in [0.15, 0.2) is 0 Å². The number of benzene rings is 2. The van der Waals surface area contributed by atoms with Gasteiger partial charge in [-0.1, -0.05) is 49.7 Å². The summed E-state index contributed by atoms with van der Waals surface area (Å²) in [7, 11) is -3.15. The molecule has 14 nitrogen and oxygen atoms in total. The summed E-state index contributed by atoms with van der Waals surface area (Å²) in [5.74, 6) is 0.678. The van der Waals surface area contributed by atoms with Crippen LogP contribution in [0.25, 0.3) is 21.7 Å². The minimum atomic E-state index is -4.82. The van der Waals surface area contributed by atoms with Gasteiger partial charge in [0, 0.05) is 42.4 Å². The Morgan fingerprint density at radius 1 is 1.15 bits per heavy atom. The fourth-order valence-corrected chi connectivity index (χ4v) is 7.78. The molecule has 1 amide bonds. The molecule has 0 aliphatic heterocycles. The molecule has 3 aliphatic rings. The summed E-state index contributed by atoms with van der Waals surface area (Å²) in [5, 5.41) is 14.7. The van der Waals surface area contributed by atoms with E-state index >= 15 is 0 Å². The molecule has 2 bridgehead atoms. The third-order valence-electron chi connectivity index (χ3n) is 9.93. The number of fused-ring (bicyclic) bond motifs is 2. The van der Waals surface area contributed by atoms with Crippen molar-refractivity contribution in [2.45, 2.75) is 58.5 Å². The van der Waals surface area contributed by atoms with E-state index in [4.69, 9.17) is 16.3 Å². The number of anilines is 2. The zero-order chi connectivity index (χ0) is 37.2. The van der Waals surface area contributed by atoms with Gasteiger partial charge in [-0.2, -0.15) is 0 Å². The number of amides is 1. The monoisotopic (exact) mass is 749 g/mol. The molecule has 0 spiro atoms. The summed E-state index contributed by atoms with van der Waals surface area (Å²) in [5.41, 5.74) is 3.14. The van der Waals surface area contributed by atoms with Gasteiger partial charge in [-0.05, 0) is 78.3 Å². The number of nitrogens with zero attached hydrogens (tertiary/aromatic N) is 6. The van der Waals surface area contributed by atoms with Gasteiger partial charge in [-0.15, -0.1) is 5.10 Å². The van der Waals surface area contributed by atoms with Gasteiger partial charge in [0.05, 0.1) is 34.6 Å². The predicted molar refractivity (Wildman–Crippen MR) is 198 cm³/mol. The summed E-state index contributed by atoms with van der Waals surface area (Å²) in [6.07, 6.45) is 7.41. The lowest BCUT2D eigenvalue weighted by atomic mass is 9.50. The number of hydrogen-bond donors (Lipinski definition) is 3. The maximum absolute atomic E-state index is 14.5. The van der Waals surface area contributed by atoms with Crippen LogP contribution in [-0.2, 0) is 26.4 Å². The van der Waals surface area contributed by atoms with Crippen molar-refractivity contribution < 1.29 is 28.4 Å². The van der Waals surface area contributed by atoms with E-state index in [0.29, 0.717) is 51.1 Å². The first kappa shape index (κ1) is 36.0. The smallest absolute Gasteiger partial charge is 0.447 e. The van der Waals surface area contributed by atoms with Gasteiger partial charge in [-0.25, -0.2) is 14.0 Å². The van der Waals surface area contributed by atoms with Gasteiger partial charge in [0.25, 0.3) is 5.56 Å². The van der Waals surface area contributed by atoms with Crippen LogP contribution in [0.3, 0.4) is 0 Å². The Morgan fingerprint density at radius 2 is 1.90 bits per heavy atom. The van der Waals surface area contributed by atoms with Gasteiger partial charge in [0.2, 0.25) is 0 Å². The number of hydrogen-bond acceptors (Lipinski definition) is 9. The minimum absolute atomic E-state index is 0.0583. The van der Waals surface area contributed by atoms with Crippen molar-refractivity contribution in [1.29, 1.82) is 0 Å². The topological polar surface area (TPSA) is 174 Å². The van der Waals surface area contributed by atoms with Crippen molar-refractivity contribution in [2.75, 3.05) is 30.0 Å². The van der Waals surface area contributed by atoms with Crippen molar-refractivity contribution in [2.24, 2.45) is 18.4 Å². The van der Waals surface area contributed by atoms with Crippen LogP contribution in [0, 0.1) is 18.3 Å². The highest BCUT2D eigenvalue weighted by Crippen LogP contribution is 2.62. The van der Waals surface area contributed by atoms with Crippen LogP contribution in [0.4, 0.5) is 16.2 Å². The van der Waals surface area contributed by atoms with Crippen LogP contribution in [0.1, 0.15) is 62.9 Å². The van der Waals surface area contributed by atoms with E-state index in [1.54, 1.807) is 37.6 Å². The normalized spacial score (nSPS) is 18.9. The van der Waals surface area contributed by atoms with Crippen LogP contribution in [0.5, 0.6) is 0 Å². The van der Waals surface area contributed by atoms with E-state index in [1.807, 2.05) is 36.0 Å². The van der Waals surface area contributed by atoms with E-state index in [9.17, 15) is 23.9 Å². The second-order valence-corrected chi connectivity index (χ2v) is 16.7. The number of aromatic nitrogens is 5. The quantitative estimate of drug-likeness (QED) is 0.100. The molecule has 3 saturated carbocycles. The SMILES string of the molecule is Cc1cnc2c(Cl)cc(N(C(=O)OCCOP(=O)(O)O)[C@H](c3cn(C45CC(C4)C5)nn3)c3cccc4c(=O)n(C)ccc34)cc2c1NCC(C)(C)C. The van der Waals surface area contributed by atoms with Gasteiger partial charge in [-0.3, -0.25) is 19.2 Å². The van der Waals surface area contributed by atoms with Crippen molar-refractivity contribution >= 4 is 58.6 Å². The molecule has 2 aromatic carbocycles. The number of aryl methyl sites for hydroxylation is 2. The number of carbonyl (C=O) groups is 1. The molecular weight excluding hydrogens is 709 g/mol. The molecule has 0 saturated heterocycles. The highest BCUT2D eigenvalue weighted by Gasteiger charge is 2.59. The minimum Gasteiger partial charge on any atom is -0.447 e. The molecule has 52 heavy (non-hydrogen) atoms. The second kappa shape index (κ2) is 13.3. The Bertz CT molecular complexity index is 2300. The molecule has 16 heteroatoms. The highest BCUT2D eigenvalue weighted by atomic mass is 35.5. The van der Waals surface area contributed by atoms with Crippen LogP contribution in [0.2, 0.25) is 5.02 Å². The van der Waals surface area contributed by atoms with Crippen molar-refractivity contribution in [3.63, 3.8) is 0 Å². The first-order chi connectivity index (χ1) is 24.5. The zero-order valence-electron chi connectivity index (χ0n) is 29.5. The Kier molecular flexibility index (Phi) is 9.19. The lowest BCUT2D eigenvalue weighted by molar-refractivity contribution is -0.0989. The molecule has 3 aliphatic carbocycles. The molecule has 0 unspecified atom stereocenters. The standard InChI is InChI=1S/C36H41ClN7O7P/c1-21-18-38-31-27(30(21)39-20-35(2,3)4)13-23(14-28(31)37)44(34(46)50-11-12-51-52(47,48)49)32(29-19-43(41-40-29)36-15-22(16-36)17-36)25-7-6-8-26-24(25)9-10-42(5)33(26)45/h6-10,13-14,18-19,22,32H,11-12,15-17,20H2,1-5H3,(H,38,39)(H2,47,48,49)/t22?,32-,36?/m0/s1. The third kappa shape index (κ3) is 6.81. The fourth-order valence-electron chi connectivity index (χ4n) is 7.20. The van der Waals surface area contributed by atoms with Gasteiger partial charge in [0.1, 0.15) is 18.3 Å². The van der Waals surface area contributed by atoms with Crippen molar-refractivity contribution in [3.8, 4) is 0 Å². The average Bonchev–Trinajstić information content (AvgIpc) is 3.49. The molecule has 3 fully saturated rings. The van der Waals surface area contributed by atoms with E-state index < -0.39 is 33.2 Å². The Labute approximate surface area is 304 Å². The molecule has 1 atom stereocenters. The summed E-state index contributed by atoms with van der Waals surface area (Å²) in [6, 6.07) is 9.56. The first-order valence-electron chi connectivity index (χ1n) is 17.0. The maximum atomic E-state index is 14.5. The van der Waals surface area contributed by atoms with Crippen molar-refractivity contribution in [3.05, 3.63) is 87.2 Å². The molecule has 8 rings (SSSR count). The number of phosphoric acid groups is 1. The number of pyridine rings is 2. The van der Waals surface area contributed by atoms with Crippen LogP contribution >= 0.6 is 19.4 Å². The van der Waals surface area contributed by atoms with E-state index in [1.165, 1.54) is 9.47 Å². The Morgan fingerprint density at radius 3 is 2.58 bits per heavy atom. The maximum Gasteiger partial charge on any atom is 0.469 e. The van der Waals surface area contributed by atoms with Gasteiger partial charge >= 0.3 is 13.9 Å². The number of halogens is 1. The third-order valence-corrected chi connectivity index (χ3v) is 10.7. The van der Waals surface area contributed by atoms with Crippen molar-refractivity contribution in [1.82, 2.24) is 24.5 Å². The largest absolute Gasteiger partial charge is 0.469 e. The lowest BCUT2D eigenvalue weighted by Crippen LogP contribution is -2.59. The molecule has 3 aromatic heterocycles. The average molecular weight is 750 g/mol. The van der Waals surface area contributed by atoms with Crippen LogP contribution in [-0.4, -0.2) is 60.2 Å². The second-order valence-electron chi connectivity index (χ2n) is 15.1. The Hall–Kier alpha value is -4.33. The summed E-state index contributed by atoms with van der Waals surface area (Å²) in [6.45, 7) is 7.91. The first-order valence-corrected chi connectivity index (χ1v) is 18.9. The highest BCUT2D eigenvalue weighted by molar-refractivity contribution is 7.46. The van der Waals surface area contributed by atoms with E-state index in [-0.39, 0.29) is 21.5 Å². The number of ether oxygens (including phenoxy) is 1. The Balaban J connectivity index is 1.43. The van der Waals surface area contributed by atoms with Crippen LogP contribution in [0.15, 0.2) is 59.8 Å². The number of carbonyl (C=O) groups excluding carboxylic acids is 1. The number of rotatable bonds is 11. The van der Waals surface area contributed by atoms with Gasteiger partial charge < -0.3 is 24.4 Å².